The molecule has 0 atom stereocenters. The molecule has 0 saturated carbocycles. The number of hydrazone groups is 1. The fourth-order valence-corrected chi connectivity index (χ4v) is 1.63. The van der Waals surface area contributed by atoms with Crippen LogP contribution in [0.25, 0.3) is 0 Å². The van der Waals surface area contributed by atoms with E-state index in [1.165, 1.54) is 6.21 Å². The van der Waals surface area contributed by atoms with Crippen molar-refractivity contribution in [1.82, 2.24) is 5.01 Å². The molecule has 0 aromatic heterocycles. The second-order valence-corrected chi connectivity index (χ2v) is 3.90. The van der Waals surface area contributed by atoms with Crippen LogP contribution >= 0.6 is 0 Å². The van der Waals surface area contributed by atoms with E-state index in [4.69, 9.17) is 9.47 Å². The van der Waals surface area contributed by atoms with Gasteiger partial charge in [0.15, 0.2) is 0 Å². The predicted octanol–water partition coefficient (Wildman–Crippen LogP) is 1.20. The van der Waals surface area contributed by atoms with Gasteiger partial charge in [-0.3, -0.25) is 9.80 Å². The van der Waals surface area contributed by atoms with Gasteiger partial charge in [0, 0.05) is 5.56 Å². The molecule has 0 spiro atoms. The average Bonchev–Trinajstić information content (AvgIpc) is 2.46. The van der Waals surface area contributed by atoms with Crippen molar-refractivity contribution < 1.29 is 14.3 Å². The monoisotopic (exact) mass is 248 g/mol. The number of carbonyl (C=O) groups excluding carboxylic acids is 1. The lowest BCUT2D eigenvalue weighted by Gasteiger charge is -2.23. The minimum absolute atomic E-state index is 0.107. The highest BCUT2D eigenvalue weighted by molar-refractivity contribution is 6.35. The van der Waals surface area contributed by atoms with Crippen molar-refractivity contribution in [3.63, 3.8) is 0 Å². The first kappa shape index (κ1) is 12.6. The molecular formula is C13H16N2O3. The van der Waals surface area contributed by atoms with Crippen molar-refractivity contribution in [2.45, 2.75) is 0 Å². The number of nitrogens with zero attached hydrogens (tertiary/aromatic N) is 2. The van der Waals surface area contributed by atoms with Gasteiger partial charge < -0.3 is 9.47 Å². The number of rotatable bonds is 4. The molecule has 18 heavy (non-hydrogen) atoms. The summed E-state index contributed by atoms with van der Waals surface area (Å²) in [7, 11) is 1.59. The molecule has 0 amide bonds. The molecule has 1 aliphatic heterocycles. The summed E-state index contributed by atoms with van der Waals surface area (Å²) in [6.45, 7) is 2.78. The molecule has 5 heteroatoms. The van der Waals surface area contributed by atoms with Gasteiger partial charge in [-0.1, -0.05) is 0 Å². The van der Waals surface area contributed by atoms with Crippen LogP contribution in [0, 0.1) is 0 Å². The highest BCUT2D eigenvalue weighted by atomic mass is 16.5. The normalized spacial score (nSPS) is 15.9. The number of ketones is 1. The number of Topliss-reactive ketones (excluding diaryl/α,β-unsaturated/α-hetero) is 1. The van der Waals surface area contributed by atoms with Crippen LogP contribution < -0.4 is 4.74 Å². The maximum Gasteiger partial charge on any atom is 0.205 e. The summed E-state index contributed by atoms with van der Waals surface area (Å²) in [5.41, 5.74) is 0.604. The summed E-state index contributed by atoms with van der Waals surface area (Å²) in [5.74, 6) is 0.626. The zero-order valence-electron chi connectivity index (χ0n) is 10.3. The van der Waals surface area contributed by atoms with E-state index in [9.17, 15) is 4.79 Å². The van der Waals surface area contributed by atoms with Crippen molar-refractivity contribution >= 4 is 12.0 Å². The first-order chi connectivity index (χ1) is 8.79. The van der Waals surface area contributed by atoms with Crippen LogP contribution in [0.4, 0.5) is 0 Å². The summed E-state index contributed by atoms with van der Waals surface area (Å²) in [4.78, 5) is 11.8. The molecule has 1 saturated heterocycles. The van der Waals surface area contributed by atoms with Gasteiger partial charge in [0.1, 0.15) is 5.75 Å². The largest absolute Gasteiger partial charge is 0.497 e. The zero-order chi connectivity index (χ0) is 12.8. The number of ether oxygens (including phenoxy) is 2. The molecule has 1 heterocycles. The molecule has 0 unspecified atom stereocenters. The van der Waals surface area contributed by atoms with E-state index in [1.54, 1.807) is 31.4 Å². The molecule has 1 aromatic carbocycles. The Morgan fingerprint density at radius 2 is 2.00 bits per heavy atom. The van der Waals surface area contributed by atoms with E-state index in [0.717, 1.165) is 18.8 Å². The lowest BCUT2D eigenvalue weighted by atomic mass is 10.1. The Hall–Kier alpha value is -1.88. The van der Waals surface area contributed by atoms with E-state index in [0.29, 0.717) is 18.8 Å². The summed E-state index contributed by atoms with van der Waals surface area (Å²) < 4.78 is 10.2. The Morgan fingerprint density at radius 3 is 2.61 bits per heavy atom. The molecule has 0 radical (unpaired) electrons. The predicted molar refractivity (Wildman–Crippen MR) is 68.2 cm³/mol. The number of carbonyl (C=O) groups is 1. The van der Waals surface area contributed by atoms with Gasteiger partial charge in [-0.15, -0.1) is 0 Å². The Kier molecular flexibility index (Phi) is 4.30. The summed E-state index contributed by atoms with van der Waals surface area (Å²) in [6, 6.07) is 6.98. The summed E-state index contributed by atoms with van der Waals surface area (Å²) in [5, 5.41) is 5.99. The van der Waals surface area contributed by atoms with Crippen LogP contribution in [-0.2, 0) is 4.74 Å². The van der Waals surface area contributed by atoms with Crippen molar-refractivity contribution in [2.24, 2.45) is 5.10 Å². The average molecular weight is 248 g/mol. The quantitative estimate of drug-likeness (QED) is 0.593. The number of benzene rings is 1. The van der Waals surface area contributed by atoms with E-state index >= 15 is 0 Å². The topological polar surface area (TPSA) is 51.1 Å². The Balaban J connectivity index is 1.95. The van der Waals surface area contributed by atoms with Crippen molar-refractivity contribution in [2.75, 3.05) is 33.4 Å². The van der Waals surface area contributed by atoms with E-state index in [-0.39, 0.29) is 5.78 Å². The molecular weight excluding hydrogens is 232 g/mol. The van der Waals surface area contributed by atoms with Gasteiger partial charge in [0.25, 0.3) is 0 Å². The third-order valence-electron chi connectivity index (χ3n) is 2.70. The molecule has 1 aliphatic rings. The van der Waals surface area contributed by atoms with Crippen LogP contribution in [0.5, 0.6) is 5.75 Å². The maximum absolute atomic E-state index is 11.8. The fraction of sp³-hybridized carbons (Fsp3) is 0.385. The van der Waals surface area contributed by atoms with Crippen LogP contribution in [0.3, 0.4) is 0 Å². The standard InChI is InChI=1S/C13H16N2O3/c1-17-12-4-2-11(3-5-12)13(16)10-14-15-6-8-18-9-7-15/h2-5,10H,6-9H2,1H3/b14-10+. The highest BCUT2D eigenvalue weighted by Gasteiger charge is 2.08. The number of morpholine rings is 1. The molecule has 96 valence electrons. The molecule has 5 nitrogen and oxygen atoms in total. The number of methoxy groups -OCH3 is 1. The Labute approximate surface area is 106 Å². The molecule has 1 aromatic rings. The zero-order valence-corrected chi connectivity index (χ0v) is 10.3. The minimum Gasteiger partial charge on any atom is -0.497 e. The van der Waals surface area contributed by atoms with E-state index in [1.807, 2.05) is 5.01 Å². The van der Waals surface area contributed by atoms with Crippen molar-refractivity contribution in [3.8, 4) is 5.75 Å². The smallest absolute Gasteiger partial charge is 0.205 e. The first-order valence-corrected chi connectivity index (χ1v) is 5.84. The SMILES string of the molecule is COc1ccc(C(=O)/C=N/N2CCOCC2)cc1. The number of hydrogen-bond acceptors (Lipinski definition) is 5. The molecule has 1 fully saturated rings. The van der Waals surface area contributed by atoms with Crippen molar-refractivity contribution in [3.05, 3.63) is 29.8 Å². The third-order valence-corrected chi connectivity index (χ3v) is 2.70. The lowest BCUT2D eigenvalue weighted by molar-refractivity contribution is 0.0395. The van der Waals surface area contributed by atoms with Gasteiger partial charge in [-0.2, -0.15) is 5.10 Å². The van der Waals surface area contributed by atoms with Gasteiger partial charge in [-0.05, 0) is 24.3 Å². The van der Waals surface area contributed by atoms with Gasteiger partial charge in [-0.25, -0.2) is 0 Å². The van der Waals surface area contributed by atoms with E-state index < -0.39 is 0 Å². The van der Waals surface area contributed by atoms with Gasteiger partial charge in [0.05, 0.1) is 39.6 Å². The third kappa shape index (κ3) is 3.30. The second kappa shape index (κ2) is 6.16. The van der Waals surface area contributed by atoms with Crippen LogP contribution in [-0.4, -0.2) is 50.4 Å². The van der Waals surface area contributed by atoms with Gasteiger partial charge in [0.2, 0.25) is 5.78 Å². The van der Waals surface area contributed by atoms with Crippen LogP contribution in [0.2, 0.25) is 0 Å². The Bertz CT molecular complexity index is 422. The number of hydrogen-bond donors (Lipinski definition) is 0. The first-order valence-electron chi connectivity index (χ1n) is 5.84. The van der Waals surface area contributed by atoms with Crippen LogP contribution in [0.1, 0.15) is 10.4 Å². The van der Waals surface area contributed by atoms with Crippen molar-refractivity contribution in [1.29, 1.82) is 0 Å². The van der Waals surface area contributed by atoms with Gasteiger partial charge >= 0.3 is 0 Å². The summed E-state index contributed by atoms with van der Waals surface area (Å²) in [6.07, 6.45) is 1.35. The fourth-order valence-electron chi connectivity index (χ4n) is 1.63. The highest BCUT2D eigenvalue weighted by Crippen LogP contribution is 2.11. The molecule has 0 N–H and O–H groups in total. The minimum atomic E-state index is -0.107. The molecule has 0 aliphatic carbocycles. The maximum atomic E-state index is 11.8. The lowest BCUT2D eigenvalue weighted by Crippen LogP contribution is -2.32. The van der Waals surface area contributed by atoms with Crippen LogP contribution in [0.15, 0.2) is 29.4 Å². The molecule has 2 rings (SSSR count). The second-order valence-electron chi connectivity index (χ2n) is 3.90. The summed E-state index contributed by atoms with van der Waals surface area (Å²) >= 11 is 0. The Morgan fingerprint density at radius 1 is 1.33 bits per heavy atom. The molecule has 0 bridgehead atoms. The van der Waals surface area contributed by atoms with E-state index in [2.05, 4.69) is 5.10 Å².